The van der Waals surface area contributed by atoms with Crippen molar-refractivity contribution in [1.82, 2.24) is 14.5 Å². The molecule has 2 heterocycles. The van der Waals surface area contributed by atoms with Gasteiger partial charge in [0.15, 0.2) is 0 Å². The number of hydrogen-bond donors (Lipinski definition) is 2. The number of aromatic nitrogens is 3. The summed E-state index contributed by atoms with van der Waals surface area (Å²) in [7, 11) is 0. The van der Waals surface area contributed by atoms with Gasteiger partial charge in [0.25, 0.3) is 5.56 Å². The minimum Gasteiger partial charge on any atom is -0.491 e. The van der Waals surface area contributed by atoms with E-state index in [1.54, 1.807) is 13.8 Å². The van der Waals surface area contributed by atoms with Crippen LogP contribution in [0.15, 0.2) is 71.9 Å². The Morgan fingerprint density at radius 1 is 1.11 bits per heavy atom. The van der Waals surface area contributed by atoms with Crippen molar-refractivity contribution in [3.8, 4) is 22.6 Å². The Kier molecular flexibility index (Phi) is 4.49. The molecule has 0 saturated carbocycles. The molecule has 2 N–H and O–H groups in total. The van der Waals surface area contributed by atoms with Crippen molar-refractivity contribution in [2.45, 2.75) is 19.4 Å². The SMILES string of the molecule is CC(C)(O)COc1ccc(-c2cn(-c3ccccc3)c3c(=O)[nH]cnc23)cc1. The molecular weight excluding hydrogens is 354 g/mol. The van der Waals surface area contributed by atoms with Crippen LogP contribution in [0.1, 0.15) is 13.8 Å². The first-order valence-corrected chi connectivity index (χ1v) is 9.02. The summed E-state index contributed by atoms with van der Waals surface area (Å²) in [6.07, 6.45) is 3.35. The van der Waals surface area contributed by atoms with E-state index in [1.165, 1.54) is 6.33 Å². The van der Waals surface area contributed by atoms with Crippen LogP contribution in [0.5, 0.6) is 5.75 Å². The van der Waals surface area contributed by atoms with Crippen LogP contribution >= 0.6 is 0 Å². The first kappa shape index (κ1) is 18.0. The molecule has 28 heavy (non-hydrogen) atoms. The second-order valence-corrected chi connectivity index (χ2v) is 7.30. The molecule has 4 rings (SSSR count). The summed E-state index contributed by atoms with van der Waals surface area (Å²) in [5.74, 6) is 0.670. The number of rotatable bonds is 5. The Morgan fingerprint density at radius 3 is 2.50 bits per heavy atom. The topological polar surface area (TPSA) is 80.1 Å². The Morgan fingerprint density at radius 2 is 1.82 bits per heavy atom. The van der Waals surface area contributed by atoms with Crippen LogP contribution in [-0.2, 0) is 0 Å². The largest absolute Gasteiger partial charge is 0.491 e. The molecule has 0 aliphatic carbocycles. The maximum atomic E-state index is 12.5. The van der Waals surface area contributed by atoms with E-state index in [0.29, 0.717) is 16.8 Å². The molecule has 6 heteroatoms. The number of fused-ring (bicyclic) bond motifs is 1. The van der Waals surface area contributed by atoms with Gasteiger partial charge in [-0.3, -0.25) is 4.79 Å². The molecule has 0 radical (unpaired) electrons. The number of hydrogen-bond acceptors (Lipinski definition) is 4. The minimum atomic E-state index is -0.896. The number of para-hydroxylation sites is 1. The van der Waals surface area contributed by atoms with Gasteiger partial charge in [-0.2, -0.15) is 0 Å². The summed E-state index contributed by atoms with van der Waals surface area (Å²) >= 11 is 0. The average molecular weight is 375 g/mol. The van der Waals surface area contributed by atoms with E-state index in [-0.39, 0.29) is 12.2 Å². The second-order valence-electron chi connectivity index (χ2n) is 7.30. The van der Waals surface area contributed by atoms with E-state index in [0.717, 1.165) is 16.8 Å². The molecule has 2 aromatic heterocycles. The van der Waals surface area contributed by atoms with Crippen LogP contribution in [0.2, 0.25) is 0 Å². The molecule has 0 atom stereocenters. The van der Waals surface area contributed by atoms with Gasteiger partial charge >= 0.3 is 0 Å². The van der Waals surface area contributed by atoms with Gasteiger partial charge in [-0.1, -0.05) is 30.3 Å². The van der Waals surface area contributed by atoms with Gasteiger partial charge in [0.2, 0.25) is 0 Å². The highest BCUT2D eigenvalue weighted by Gasteiger charge is 2.16. The van der Waals surface area contributed by atoms with E-state index in [4.69, 9.17) is 4.74 Å². The van der Waals surface area contributed by atoms with E-state index in [2.05, 4.69) is 9.97 Å². The monoisotopic (exact) mass is 375 g/mol. The van der Waals surface area contributed by atoms with Crippen molar-refractivity contribution in [3.05, 3.63) is 77.5 Å². The Hall–Kier alpha value is -3.38. The summed E-state index contributed by atoms with van der Waals surface area (Å²) in [6.45, 7) is 3.60. The van der Waals surface area contributed by atoms with Gasteiger partial charge in [0.05, 0.1) is 11.9 Å². The molecule has 0 amide bonds. The van der Waals surface area contributed by atoms with E-state index < -0.39 is 5.60 Å². The van der Waals surface area contributed by atoms with Gasteiger partial charge < -0.3 is 19.4 Å². The molecule has 0 aliphatic rings. The number of nitrogens with zero attached hydrogens (tertiary/aromatic N) is 2. The van der Waals surface area contributed by atoms with Crippen molar-refractivity contribution < 1.29 is 9.84 Å². The highest BCUT2D eigenvalue weighted by atomic mass is 16.5. The van der Waals surface area contributed by atoms with Gasteiger partial charge in [-0.05, 0) is 43.7 Å². The molecular formula is C22H21N3O3. The molecule has 6 nitrogen and oxygen atoms in total. The Labute approximate surface area is 162 Å². The van der Waals surface area contributed by atoms with Gasteiger partial charge in [-0.15, -0.1) is 0 Å². The Balaban J connectivity index is 1.77. The summed E-state index contributed by atoms with van der Waals surface area (Å²) in [5, 5.41) is 9.80. The second kappa shape index (κ2) is 6.98. The fourth-order valence-electron chi connectivity index (χ4n) is 3.06. The molecule has 4 aromatic rings. The number of aliphatic hydroxyl groups is 1. The lowest BCUT2D eigenvalue weighted by Gasteiger charge is -2.17. The van der Waals surface area contributed by atoms with Crippen LogP contribution in [0.3, 0.4) is 0 Å². The maximum Gasteiger partial charge on any atom is 0.275 e. The summed E-state index contributed by atoms with van der Waals surface area (Å²) in [4.78, 5) is 19.6. The van der Waals surface area contributed by atoms with Crippen LogP contribution in [-0.4, -0.2) is 31.8 Å². The fourth-order valence-corrected chi connectivity index (χ4v) is 3.06. The standard InChI is InChI=1S/C22H21N3O3/c1-22(2,27)13-28-17-10-8-15(9-11-17)18-12-25(16-6-4-3-5-7-16)20-19(18)23-14-24-21(20)26/h3-12,14,27H,13H2,1-2H3,(H,23,24,26). The predicted octanol–water partition coefficient (Wildman–Crippen LogP) is 3.53. The third kappa shape index (κ3) is 3.54. The number of H-pyrrole nitrogens is 1. The van der Waals surface area contributed by atoms with E-state index >= 15 is 0 Å². The van der Waals surface area contributed by atoms with Crippen molar-refractivity contribution in [2.24, 2.45) is 0 Å². The number of nitrogens with one attached hydrogen (secondary N) is 1. The van der Waals surface area contributed by atoms with Crippen LogP contribution < -0.4 is 10.3 Å². The number of aromatic amines is 1. The summed E-state index contributed by atoms with van der Waals surface area (Å²) in [6, 6.07) is 17.2. The molecule has 0 unspecified atom stereocenters. The zero-order chi connectivity index (χ0) is 19.7. The number of ether oxygens (including phenoxy) is 1. The van der Waals surface area contributed by atoms with Crippen LogP contribution in [0.4, 0.5) is 0 Å². The molecule has 0 bridgehead atoms. The van der Waals surface area contributed by atoms with Crippen LogP contribution in [0.25, 0.3) is 27.8 Å². The molecule has 0 fully saturated rings. The molecule has 142 valence electrons. The van der Waals surface area contributed by atoms with Crippen molar-refractivity contribution in [1.29, 1.82) is 0 Å². The summed E-state index contributed by atoms with van der Waals surface area (Å²) < 4.78 is 7.47. The molecule has 0 saturated heterocycles. The third-order valence-electron chi connectivity index (χ3n) is 4.37. The van der Waals surface area contributed by atoms with E-state index in [9.17, 15) is 9.90 Å². The van der Waals surface area contributed by atoms with Crippen molar-refractivity contribution in [3.63, 3.8) is 0 Å². The lowest BCUT2D eigenvalue weighted by molar-refractivity contribution is 0.0285. The lowest BCUT2D eigenvalue weighted by Crippen LogP contribution is -2.27. The van der Waals surface area contributed by atoms with Gasteiger partial charge in [0.1, 0.15) is 23.4 Å². The van der Waals surface area contributed by atoms with Gasteiger partial charge in [0, 0.05) is 17.4 Å². The zero-order valence-electron chi connectivity index (χ0n) is 15.7. The first-order valence-electron chi connectivity index (χ1n) is 9.02. The highest BCUT2D eigenvalue weighted by molar-refractivity contribution is 5.93. The van der Waals surface area contributed by atoms with Crippen LogP contribution in [0, 0.1) is 0 Å². The quantitative estimate of drug-likeness (QED) is 0.559. The Bertz CT molecular complexity index is 1150. The van der Waals surface area contributed by atoms with E-state index in [1.807, 2.05) is 65.4 Å². The van der Waals surface area contributed by atoms with Crippen molar-refractivity contribution in [2.75, 3.05) is 6.61 Å². The van der Waals surface area contributed by atoms with Gasteiger partial charge in [-0.25, -0.2) is 4.98 Å². The third-order valence-corrected chi connectivity index (χ3v) is 4.37. The lowest BCUT2D eigenvalue weighted by atomic mass is 10.1. The number of benzene rings is 2. The smallest absolute Gasteiger partial charge is 0.275 e. The maximum absolute atomic E-state index is 12.5. The normalized spacial score (nSPS) is 11.7. The zero-order valence-corrected chi connectivity index (χ0v) is 15.7. The summed E-state index contributed by atoms with van der Waals surface area (Å²) in [5.41, 5.74) is 2.73. The molecule has 2 aromatic carbocycles. The highest BCUT2D eigenvalue weighted by Crippen LogP contribution is 2.30. The molecule has 0 spiro atoms. The first-order chi connectivity index (χ1) is 13.4. The fraction of sp³-hybridized carbons (Fsp3) is 0.182. The predicted molar refractivity (Wildman–Crippen MR) is 109 cm³/mol. The minimum absolute atomic E-state index is 0.190. The average Bonchev–Trinajstić information content (AvgIpc) is 3.08. The van der Waals surface area contributed by atoms with Crippen molar-refractivity contribution >= 4 is 11.0 Å². The molecule has 0 aliphatic heterocycles.